The molecule has 0 saturated carbocycles. The zero-order valence-electron chi connectivity index (χ0n) is 14.5. The van der Waals surface area contributed by atoms with E-state index < -0.39 is 0 Å². The van der Waals surface area contributed by atoms with Crippen LogP contribution in [0, 0.1) is 6.92 Å². The van der Waals surface area contributed by atoms with E-state index in [0.29, 0.717) is 11.3 Å². The molecule has 1 heterocycles. The third-order valence-electron chi connectivity index (χ3n) is 3.81. The van der Waals surface area contributed by atoms with E-state index in [1.165, 1.54) is 5.56 Å². The molecular formula is C22H19AlNO2. The molecule has 0 unspecified atom stereocenters. The maximum Gasteiger partial charge on any atom is 0.141 e. The number of hydrogen-bond donors (Lipinski definition) is 2. The topological polar surface area (TPSA) is 53.4 Å². The Kier molecular flexibility index (Phi) is 6.80. The molecule has 0 amide bonds. The number of hydrogen-bond acceptors (Lipinski definition) is 3. The van der Waals surface area contributed by atoms with Crippen molar-refractivity contribution in [3.05, 3.63) is 90.6 Å². The monoisotopic (exact) mass is 356 g/mol. The number of phenols is 2. The summed E-state index contributed by atoms with van der Waals surface area (Å²) in [7, 11) is 0. The Labute approximate surface area is 163 Å². The second kappa shape index (κ2) is 9.05. The molecule has 0 bridgehead atoms. The van der Waals surface area contributed by atoms with E-state index in [0.717, 1.165) is 16.6 Å². The summed E-state index contributed by atoms with van der Waals surface area (Å²) in [6, 6.07) is 26.6. The molecule has 3 aromatic carbocycles. The quantitative estimate of drug-likeness (QED) is 0.476. The predicted octanol–water partition coefficient (Wildman–Crippen LogP) is 4.93. The first-order valence-electron chi connectivity index (χ1n) is 8.03. The van der Waals surface area contributed by atoms with Gasteiger partial charge in [-0.1, -0.05) is 60.7 Å². The minimum absolute atomic E-state index is 0. The van der Waals surface area contributed by atoms with Gasteiger partial charge >= 0.3 is 0 Å². The molecule has 0 aliphatic heterocycles. The molecule has 1 aromatic heterocycles. The normalized spacial score (nSPS) is 9.73. The molecule has 0 spiro atoms. The molecule has 3 nitrogen and oxygen atoms in total. The standard InChI is InChI=1S/C12H10O.C10H9NO.Al/c13-12-8-6-11(7-9-12)10-4-2-1-3-5-10;1-7-5-6-8-3-2-4-9(12)10(8)11-7;/h1-9,13H;2-6,12H,1H3;. The summed E-state index contributed by atoms with van der Waals surface area (Å²) in [5.74, 6) is 0.552. The van der Waals surface area contributed by atoms with Gasteiger partial charge in [-0.25, -0.2) is 4.98 Å². The number of nitrogens with zero attached hydrogens (tertiary/aromatic N) is 1. The zero-order valence-corrected chi connectivity index (χ0v) is 15.7. The molecule has 0 atom stereocenters. The molecule has 4 aromatic rings. The van der Waals surface area contributed by atoms with Crippen molar-refractivity contribution in [3.8, 4) is 22.6 Å². The molecule has 127 valence electrons. The Morgan fingerprint density at radius 1 is 0.654 bits per heavy atom. The molecule has 2 N–H and O–H groups in total. The van der Waals surface area contributed by atoms with E-state index in [2.05, 4.69) is 4.98 Å². The molecule has 4 rings (SSSR count). The number of benzene rings is 3. The number of aromatic hydroxyl groups is 2. The predicted molar refractivity (Wildman–Crippen MR) is 107 cm³/mol. The summed E-state index contributed by atoms with van der Waals surface area (Å²) in [5, 5.41) is 19.5. The lowest BCUT2D eigenvalue weighted by atomic mass is 10.1. The van der Waals surface area contributed by atoms with Gasteiger partial charge in [0, 0.05) is 28.4 Å². The molecule has 3 radical (unpaired) electrons. The van der Waals surface area contributed by atoms with Crippen LogP contribution in [0.1, 0.15) is 5.69 Å². The van der Waals surface area contributed by atoms with Crippen LogP contribution in [0.4, 0.5) is 0 Å². The number of pyridine rings is 1. The van der Waals surface area contributed by atoms with Crippen molar-refractivity contribution in [3.63, 3.8) is 0 Å². The number of para-hydroxylation sites is 1. The van der Waals surface area contributed by atoms with Gasteiger partial charge in [0.25, 0.3) is 0 Å². The van der Waals surface area contributed by atoms with Crippen LogP contribution >= 0.6 is 0 Å². The molecule has 26 heavy (non-hydrogen) atoms. The van der Waals surface area contributed by atoms with Crippen LogP contribution in [0.5, 0.6) is 11.5 Å². The number of aryl methyl sites for hydroxylation is 1. The van der Waals surface area contributed by atoms with Gasteiger partial charge in [0.15, 0.2) is 0 Å². The van der Waals surface area contributed by atoms with E-state index in [1.807, 2.05) is 73.7 Å². The van der Waals surface area contributed by atoms with Crippen molar-refractivity contribution >= 4 is 28.3 Å². The lowest BCUT2D eigenvalue weighted by Crippen LogP contribution is -1.82. The highest BCUT2D eigenvalue weighted by atomic mass is 27.0. The van der Waals surface area contributed by atoms with Gasteiger partial charge in [0.2, 0.25) is 0 Å². The van der Waals surface area contributed by atoms with E-state index >= 15 is 0 Å². The molecule has 0 aliphatic rings. The zero-order chi connectivity index (χ0) is 17.6. The summed E-state index contributed by atoms with van der Waals surface area (Å²) < 4.78 is 0. The van der Waals surface area contributed by atoms with Crippen LogP contribution in [0.3, 0.4) is 0 Å². The summed E-state index contributed by atoms with van der Waals surface area (Å²) in [6.07, 6.45) is 0. The fourth-order valence-electron chi connectivity index (χ4n) is 2.51. The van der Waals surface area contributed by atoms with E-state index in [4.69, 9.17) is 5.11 Å². The Hall–Kier alpha value is -2.80. The maximum absolute atomic E-state index is 9.43. The number of aromatic nitrogens is 1. The van der Waals surface area contributed by atoms with Crippen LogP contribution in [0.15, 0.2) is 84.9 Å². The molecule has 4 heteroatoms. The Morgan fingerprint density at radius 3 is 2.00 bits per heavy atom. The van der Waals surface area contributed by atoms with Crippen molar-refractivity contribution < 1.29 is 10.2 Å². The van der Waals surface area contributed by atoms with Crippen molar-refractivity contribution in [2.24, 2.45) is 0 Å². The van der Waals surface area contributed by atoms with Gasteiger partial charge in [-0.2, -0.15) is 0 Å². The Morgan fingerprint density at radius 2 is 1.31 bits per heavy atom. The highest BCUT2D eigenvalue weighted by Gasteiger charge is 1.99. The summed E-state index contributed by atoms with van der Waals surface area (Å²) in [5.41, 5.74) is 3.89. The number of rotatable bonds is 1. The molecule has 0 fully saturated rings. The van der Waals surface area contributed by atoms with Crippen LogP contribution in [0.25, 0.3) is 22.0 Å². The fraction of sp³-hybridized carbons (Fsp3) is 0.0455. The average Bonchev–Trinajstić information content (AvgIpc) is 2.64. The third kappa shape index (κ3) is 4.86. The van der Waals surface area contributed by atoms with Gasteiger partial charge in [-0.05, 0) is 42.3 Å². The highest BCUT2D eigenvalue weighted by molar-refractivity contribution is 5.84. The van der Waals surface area contributed by atoms with Crippen LogP contribution < -0.4 is 0 Å². The van der Waals surface area contributed by atoms with Crippen molar-refractivity contribution in [2.75, 3.05) is 0 Å². The van der Waals surface area contributed by atoms with Crippen molar-refractivity contribution in [1.82, 2.24) is 4.98 Å². The van der Waals surface area contributed by atoms with Gasteiger partial charge in [0.1, 0.15) is 17.0 Å². The lowest BCUT2D eigenvalue weighted by molar-refractivity contribution is 0.475. The van der Waals surface area contributed by atoms with Gasteiger partial charge in [0.05, 0.1) is 0 Å². The summed E-state index contributed by atoms with van der Waals surface area (Å²) in [6.45, 7) is 1.91. The first kappa shape index (κ1) is 19.5. The maximum atomic E-state index is 9.43. The lowest BCUT2D eigenvalue weighted by Gasteiger charge is -2.00. The van der Waals surface area contributed by atoms with Crippen molar-refractivity contribution in [2.45, 2.75) is 6.92 Å². The highest BCUT2D eigenvalue weighted by Crippen LogP contribution is 2.22. The number of phenolic OH excluding ortho intramolecular Hbond substituents is 2. The molecule has 0 saturated heterocycles. The summed E-state index contributed by atoms with van der Waals surface area (Å²) in [4.78, 5) is 4.23. The minimum Gasteiger partial charge on any atom is -0.508 e. The van der Waals surface area contributed by atoms with Crippen LogP contribution in [-0.2, 0) is 0 Å². The average molecular weight is 356 g/mol. The number of fused-ring (bicyclic) bond motifs is 1. The third-order valence-corrected chi connectivity index (χ3v) is 3.81. The Balaban J connectivity index is 0.000000180. The van der Waals surface area contributed by atoms with Gasteiger partial charge in [-0.15, -0.1) is 0 Å². The second-order valence-corrected chi connectivity index (χ2v) is 5.71. The Bertz CT molecular complexity index is 970. The molecule has 0 aliphatic carbocycles. The largest absolute Gasteiger partial charge is 0.508 e. The SMILES string of the molecule is Cc1ccc2cccc(O)c2n1.Oc1ccc(-c2ccccc2)cc1.[Al]. The van der Waals surface area contributed by atoms with E-state index in [-0.39, 0.29) is 23.1 Å². The smallest absolute Gasteiger partial charge is 0.141 e. The first-order valence-corrected chi connectivity index (χ1v) is 8.03. The minimum atomic E-state index is 0. The van der Waals surface area contributed by atoms with Crippen LogP contribution in [-0.4, -0.2) is 32.6 Å². The van der Waals surface area contributed by atoms with Crippen LogP contribution in [0.2, 0.25) is 0 Å². The fourth-order valence-corrected chi connectivity index (χ4v) is 2.51. The second-order valence-electron chi connectivity index (χ2n) is 5.71. The van der Waals surface area contributed by atoms with E-state index in [9.17, 15) is 5.11 Å². The van der Waals surface area contributed by atoms with Gasteiger partial charge < -0.3 is 10.2 Å². The van der Waals surface area contributed by atoms with Crippen molar-refractivity contribution in [1.29, 1.82) is 0 Å². The summed E-state index contributed by atoms with van der Waals surface area (Å²) >= 11 is 0. The van der Waals surface area contributed by atoms with E-state index in [1.54, 1.807) is 18.2 Å². The molecular weight excluding hydrogens is 337 g/mol. The first-order chi connectivity index (χ1) is 12.1. The van der Waals surface area contributed by atoms with Gasteiger partial charge in [-0.3, -0.25) is 0 Å².